The van der Waals surface area contributed by atoms with Crippen LogP contribution < -0.4 is 5.73 Å². The molecule has 4 nitrogen and oxygen atoms in total. The molecule has 3 rings (SSSR count). The summed E-state index contributed by atoms with van der Waals surface area (Å²) in [7, 11) is 0. The predicted molar refractivity (Wildman–Crippen MR) is 78.5 cm³/mol. The number of nitrogens with two attached hydrogens (primary N) is 1. The first kappa shape index (κ1) is 13.5. The van der Waals surface area contributed by atoms with E-state index in [1.807, 2.05) is 0 Å². The smallest absolute Gasteiger partial charge is 0.248 e. The first-order valence-corrected chi connectivity index (χ1v) is 6.45. The summed E-state index contributed by atoms with van der Waals surface area (Å²) in [6, 6.07) is 10.5. The summed E-state index contributed by atoms with van der Waals surface area (Å²) < 4.78 is 13.0. The van der Waals surface area contributed by atoms with Crippen LogP contribution in [-0.2, 0) is 0 Å². The number of nitrogens with zero attached hydrogens (tertiary/aromatic N) is 2. The highest BCUT2D eigenvalue weighted by Gasteiger charge is 2.11. The maximum absolute atomic E-state index is 13.0. The molecule has 0 aliphatic rings. The number of amides is 1. The second kappa shape index (κ2) is 5.10. The Hall–Kier alpha value is -2.53. The Labute approximate surface area is 124 Å². The number of halogens is 2. The summed E-state index contributed by atoms with van der Waals surface area (Å²) in [6.45, 7) is 0. The van der Waals surface area contributed by atoms with Crippen molar-refractivity contribution in [3.8, 4) is 11.3 Å². The van der Waals surface area contributed by atoms with Crippen LogP contribution >= 0.6 is 11.6 Å². The Morgan fingerprint density at radius 1 is 1.05 bits per heavy atom. The molecule has 0 unspecified atom stereocenters. The zero-order valence-corrected chi connectivity index (χ0v) is 11.4. The van der Waals surface area contributed by atoms with Gasteiger partial charge in [-0.25, -0.2) is 14.4 Å². The fourth-order valence-corrected chi connectivity index (χ4v) is 2.22. The summed E-state index contributed by atoms with van der Waals surface area (Å²) in [5, 5.41) is 0.209. The monoisotopic (exact) mass is 301 g/mol. The summed E-state index contributed by atoms with van der Waals surface area (Å²) >= 11 is 6.12. The van der Waals surface area contributed by atoms with E-state index >= 15 is 0 Å². The highest BCUT2D eigenvalue weighted by Crippen LogP contribution is 2.27. The predicted octanol–water partition coefficient (Wildman–Crippen LogP) is 3.19. The third-order valence-corrected chi connectivity index (χ3v) is 3.29. The molecule has 1 aromatic heterocycles. The van der Waals surface area contributed by atoms with E-state index in [4.69, 9.17) is 17.3 Å². The van der Waals surface area contributed by atoms with E-state index in [-0.39, 0.29) is 11.0 Å². The van der Waals surface area contributed by atoms with Gasteiger partial charge in [0.25, 0.3) is 0 Å². The lowest BCUT2D eigenvalue weighted by molar-refractivity contribution is 0.100. The molecule has 0 atom stereocenters. The number of hydrogen-bond acceptors (Lipinski definition) is 3. The maximum atomic E-state index is 13.0. The molecule has 104 valence electrons. The van der Waals surface area contributed by atoms with Gasteiger partial charge in [-0.3, -0.25) is 4.79 Å². The van der Waals surface area contributed by atoms with Crippen molar-refractivity contribution in [2.45, 2.75) is 0 Å². The van der Waals surface area contributed by atoms with Crippen LogP contribution in [0.1, 0.15) is 10.4 Å². The van der Waals surface area contributed by atoms with E-state index in [9.17, 15) is 9.18 Å². The number of rotatable bonds is 2. The van der Waals surface area contributed by atoms with E-state index in [0.717, 1.165) is 0 Å². The highest BCUT2D eigenvalue weighted by molar-refractivity contribution is 6.32. The zero-order valence-electron chi connectivity index (χ0n) is 10.7. The Bertz CT molecular complexity index is 849. The lowest BCUT2D eigenvalue weighted by Crippen LogP contribution is -2.10. The molecule has 0 spiro atoms. The molecule has 1 heterocycles. The van der Waals surface area contributed by atoms with E-state index in [1.165, 1.54) is 12.1 Å². The van der Waals surface area contributed by atoms with E-state index in [1.54, 1.807) is 30.3 Å². The first-order valence-electron chi connectivity index (χ1n) is 6.07. The van der Waals surface area contributed by atoms with Crippen LogP contribution in [0.4, 0.5) is 4.39 Å². The maximum Gasteiger partial charge on any atom is 0.248 e. The molecule has 3 aromatic rings. The van der Waals surface area contributed by atoms with Gasteiger partial charge in [-0.2, -0.15) is 0 Å². The summed E-state index contributed by atoms with van der Waals surface area (Å²) in [6.07, 6.45) is 0. The fourth-order valence-electron chi connectivity index (χ4n) is 1.98. The number of aromatic nitrogens is 2. The largest absolute Gasteiger partial charge is 0.366 e. The standard InChI is InChI=1S/C15H9ClFN3O/c16-14-13(8-1-4-10(17)5-2-8)19-12-7-9(15(18)21)3-6-11(12)20-14/h1-7H,(H2,18,21). The SMILES string of the molecule is NC(=O)c1ccc2nc(Cl)c(-c3ccc(F)cc3)nc2c1. The van der Waals surface area contributed by atoms with Gasteiger partial charge in [-0.05, 0) is 42.5 Å². The van der Waals surface area contributed by atoms with Crippen LogP contribution in [0.3, 0.4) is 0 Å². The van der Waals surface area contributed by atoms with Gasteiger partial charge in [0.05, 0.1) is 11.0 Å². The van der Waals surface area contributed by atoms with Gasteiger partial charge in [-0.1, -0.05) is 11.6 Å². The molecule has 0 saturated heterocycles. The van der Waals surface area contributed by atoms with Crippen molar-refractivity contribution in [2.75, 3.05) is 0 Å². The highest BCUT2D eigenvalue weighted by atomic mass is 35.5. The van der Waals surface area contributed by atoms with Crippen LogP contribution in [-0.4, -0.2) is 15.9 Å². The van der Waals surface area contributed by atoms with Crippen molar-refractivity contribution in [1.82, 2.24) is 9.97 Å². The first-order chi connectivity index (χ1) is 10.0. The third-order valence-electron chi connectivity index (χ3n) is 3.02. The van der Waals surface area contributed by atoms with E-state index in [0.29, 0.717) is 27.9 Å². The van der Waals surface area contributed by atoms with E-state index < -0.39 is 5.91 Å². The number of benzene rings is 2. The number of carbonyl (C=O) groups is 1. The molecule has 6 heteroatoms. The third kappa shape index (κ3) is 2.55. The van der Waals surface area contributed by atoms with E-state index in [2.05, 4.69) is 9.97 Å². The molecule has 0 fully saturated rings. The van der Waals surface area contributed by atoms with Crippen LogP contribution in [0, 0.1) is 5.82 Å². The van der Waals surface area contributed by atoms with Gasteiger partial charge >= 0.3 is 0 Å². The van der Waals surface area contributed by atoms with Gasteiger partial charge in [0, 0.05) is 11.1 Å². The van der Waals surface area contributed by atoms with Crippen molar-refractivity contribution >= 4 is 28.5 Å². The lowest BCUT2D eigenvalue weighted by Gasteiger charge is -2.06. The molecular weight excluding hydrogens is 293 g/mol. The molecule has 0 aliphatic carbocycles. The minimum atomic E-state index is -0.544. The minimum Gasteiger partial charge on any atom is -0.366 e. The Kier molecular flexibility index (Phi) is 3.27. The molecule has 1 amide bonds. The molecule has 0 bridgehead atoms. The topological polar surface area (TPSA) is 68.9 Å². The lowest BCUT2D eigenvalue weighted by atomic mass is 10.1. The second-order valence-corrected chi connectivity index (χ2v) is 4.80. The Morgan fingerprint density at radius 2 is 1.76 bits per heavy atom. The molecule has 0 aliphatic heterocycles. The number of hydrogen-bond donors (Lipinski definition) is 1. The van der Waals surface area contributed by atoms with Crippen LogP contribution in [0.2, 0.25) is 5.15 Å². The van der Waals surface area contributed by atoms with Crippen molar-refractivity contribution in [1.29, 1.82) is 0 Å². The van der Waals surface area contributed by atoms with Gasteiger partial charge in [0.2, 0.25) is 5.91 Å². The van der Waals surface area contributed by atoms with Crippen LogP contribution in [0.25, 0.3) is 22.3 Å². The quantitative estimate of drug-likeness (QED) is 0.790. The van der Waals surface area contributed by atoms with Crippen molar-refractivity contribution in [2.24, 2.45) is 5.73 Å². The second-order valence-electron chi connectivity index (χ2n) is 4.44. The van der Waals surface area contributed by atoms with Crippen LogP contribution in [0.15, 0.2) is 42.5 Å². The number of fused-ring (bicyclic) bond motifs is 1. The molecule has 21 heavy (non-hydrogen) atoms. The fraction of sp³-hybridized carbons (Fsp3) is 0. The van der Waals surface area contributed by atoms with Crippen LogP contribution in [0.5, 0.6) is 0 Å². The van der Waals surface area contributed by atoms with Crippen molar-refractivity contribution in [3.63, 3.8) is 0 Å². The molecule has 2 aromatic carbocycles. The summed E-state index contributed by atoms with van der Waals surface area (Å²) in [5.41, 5.74) is 7.69. The molecule has 0 radical (unpaired) electrons. The normalized spacial score (nSPS) is 10.8. The molecular formula is C15H9ClFN3O. The molecule has 2 N–H and O–H groups in total. The Balaban J connectivity index is 2.20. The van der Waals surface area contributed by atoms with Gasteiger partial charge in [-0.15, -0.1) is 0 Å². The van der Waals surface area contributed by atoms with Gasteiger partial charge < -0.3 is 5.73 Å². The van der Waals surface area contributed by atoms with Gasteiger partial charge in [0.15, 0.2) is 5.15 Å². The summed E-state index contributed by atoms with van der Waals surface area (Å²) in [4.78, 5) is 19.8. The molecule has 0 saturated carbocycles. The van der Waals surface area contributed by atoms with Crippen molar-refractivity contribution < 1.29 is 9.18 Å². The zero-order chi connectivity index (χ0) is 15.0. The Morgan fingerprint density at radius 3 is 2.43 bits per heavy atom. The number of primary amides is 1. The van der Waals surface area contributed by atoms with Gasteiger partial charge in [0.1, 0.15) is 11.5 Å². The minimum absolute atomic E-state index is 0.209. The average molecular weight is 302 g/mol. The number of carbonyl (C=O) groups excluding carboxylic acids is 1. The average Bonchev–Trinajstić information content (AvgIpc) is 2.47. The summed E-state index contributed by atoms with van der Waals surface area (Å²) in [5.74, 6) is -0.892. The van der Waals surface area contributed by atoms with Crippen molar-refractivity contribution in [3.05, 3.63) is 59.0 Å².